The molecule has 0 bridgehead atoms. The van der Waals surface area contributed by atoms with Gasteiger partial charge in [0.2, 0.25) is 5.95 Å². The standard InChI is InChI=1S/C25H37N5O3/c1-15-9-16(2)17(3)19(10-15)27-23-26-11-18-12-30(13-20(18)28-23)21-7-8-29(14-22(21)31)24(32)33-25(4,5)6/h9-11,17,19,21-22,31H,7-8,12-14H2,1-6H3,(H,26,27,28). The van der Waals surface area contributed by atoms with E-state index in [1.54, 1.807) is 4.90 Å². The van der Waals surface area contributed by atoms with Crippen molar-refractivity contribution in [2.75, 3.05) is 18.4 Å². The van der Waals surface area contributed by atoms with Gasteiger partial charge in [-0.3, -0.25) is 4.90 Å². The van der Waals surface area contributed by atoms with E-state index >= 15 is 0 Å². The Labute approximate surface area is 196 Å². The molecule has 33 heavy (non-hydrogen) atoms. The molecule has 180 valence electrons. The fourth-order valence-electron chi connectivity index (χ4n) is 4.88. The molecule has 8 nitrogen and oxygen atoms in total. The van der Waals surface area contributed by atoms with Gasteiger partial charge in [-0.25, -0.2) is 14.8 Å². The van der Waals surface area contributed by atoms with Gasteiger partial charge in [0.1, 0.15) is 5.60 Å². The van der Waals surface area contributed by atoms with Crippen molar-refractivity contribution in [3.8, 4) is 0 Å². The minimum Gasteiger partial charge on any atom is -0.444 e. The molecule has 1 aromatic rings. The Hall–Kier alpha value is -2.45. The van der Waals surface area contributed by atoms with Crippen LogP contribution in [0.1, 0.15) is 59.2 Å². The molecule has 4 rings (SSSR count). The lowest BCUT2D eigenvalue weighted by Crippen LogP contribution is -2.54. The molecule has 3 heterocycles. The topological polar surface area (TPSA) is 90.8 Å². The van der Waals surface area contributed by atoms with Gasteiger partial charge in [0.25, 0.3) is 0 Å². The van der Waals surface area contributed by atoms with E-state index in [-0.39, 0.29) is 24.7 Å². The lowest BCUT2D eigenvalue weighted by Gasteiger charge is -2.40. The first-order chi connectivity index (χ1) is 15.5. The van der Waals surface area contributed by atoms with Gasteiger partial charge in [0.15, 0.2) is 0 Å². The Morgan fingerprint density at radius 2 is 2.03 bits per heavy atom. The first-order valence-corrected chi connectivity index (χ1v) is 11.9. The third-order valence-electron chi connectivity index (χ3n) is 6.80. The molecular weight excluding hydrogens is 418 g/mol. The highest BCUT2D eigenvalue weighted by Gasteiger charge is 2.38. The van der Waals surface area contributed by atoms with Gasteiger partial charge in [-0.15, -0.1) is 0 Å². The number of rotatable bonds is 3. The van der Waals surface area contributed by atoms with Crippen LogP contribution in [-0.2, 0) is 17.8 Å². The highest BCUT2D eigenvalue weighted by Crippen LogP contribution is 2.30. The Bertz CT molecular complexity index is 967. The average molecular weight is 456 g/mol. The van der Waals surface area contributed by atoms with Crippen LogP contribution in [-0.4, -0.2) is 67.8 Å². The van der Waals surface area contributed by atoms with Crippen LogP contribution in [0.4, 0.5) is 10.7 Å². The fourth-order valence-corrected chi connectivity index (χ4v) is 4.88. The third-order valence-corrected chi connectivity index (χ3v) is 6.80. The molecule has 0 saturated carbocycles. The summed E-state index contributed by atoms with van der Waals surface area (Å²) < 4.78 is 5.46. The quantitative estimate of drug-likeness (QED) is 0.721. The van der Waals surface area contributed by atoms with Crippen molar-refractivity contribution in [2.24, 2.45) is 5.92 Å². The van der Waals surface area contributed by atoms with Gasteiger partial charge in [-0.2, -0.15) is 0 Å². The summed E-state index contributed by atoms with van der Waals surface area (Å²) in [6.45, 7) is 14.3. The largest absolute Gasteiger partial charge is 0.444 e. The molecule has 2 N–H and O–H groups in total. The van der Waals surface area contributed by atoms with Crippen LogP contribution >= 0.6 is 0 Å². The molecule has 8 heteroatoms. The number of fused-ring (bicyclic) bond motifs is 1. The zero-order chi connectivity index (χ0) is 23.9. The average Bonchev–Trinajstić information content (AvgIpc) is 3.13. The monoisotopic (exact) mass is 455 g/mol. The summed E-state index contributed by atoms with van der Waals surface area (Å²) in [4.78, 5) is 25.6. The second kappa shape index (κ2) is 9.06. The Kier molecular flexibility index (Phi) is 6.51. The van der Waals surface area contributed by atoms with Crippen molar-refractivity contribution in [3.63, 3.8) is 0 Å². The van der Waals surface area contributed by atoms with Crippen molar-refractivity contribution in [3.05, 3.63) is 40.8 Å². The minimum atomic E-state index is -0.628. The number of hydrogen-bond donors (Lipinski definition) is 2. The minimum absolute atomic E-state index is 0.0222. The number of likely N-dealkylation sites (tertiary alicyclic amines) is 1. The van der Waals surface area contributed by atoms with E-state index in [9.17, 15) is 9.90 Å². The van der Waals surface area contributed by atoms with E-state index in [2.05, 4.69) is 48.1 Å². The van der Waals surface area contributed by atoms with Gasteiger partial charge in [-0.05, 0) is 41.0 Å². The lowest BCUT2D eigenvalue weighted by atomic mass is 9.87. The molecule has 2 aliphatic heterocycles. The van der Waals surface area contributed by atoms with Crippen molar-refractivity contribution in [1.29, 1.82) is 0 Å². The summed E-state index contributed by atoms with van der Waals surface area (Å²) in [6, 6.07) is 0.149. The number of nitrogens with zero attached hydrogens (tertiary/aromatic N) is 4. The number of aliphatic hydroxyl groups is 1. The van der Waals surface area contributed by atoms with Gasteiger partial charge in [0, 0.05) is 43.4 Å². The van der Waals surface area contributed by atoms with Crippen LogP contribution in [0.15, 0.2) is 29.5 Å². The molecule has 1 aliphatic carbocycles. The molecule has 0 aromatic carbocycles. The summed E-state index contributed by atoms with van der Waals surface area (Å²) in [5.41, 5.74) is 4.17. The molecule has 1 fully saturated rings. The number of aliphatic hydroxyl groups excluding tert-OH is 1. The van der Waals surface area contributed by atoms with E-state index in [1.165, 1.54) is 11.1 Å². The second-order valence-corrected chi connectivity index (χ2v) is 10.7. The molecule has 4 unspecified atom stereocenters. The number of anilines is 1. The number of nitrogens with one attached hydrogen (secondary N) is 1. The highest BCUT2D eigenvalue weighted by atomic mass is 16.6. The molecule has 3 aliphatic rings. The summed E-state index contributed by atoms with van der Waals surface area (Å²) in [7, 11) is 0. The van der Waals surface area contributed by atoms with Crippen LogP contribution in [0.5, 0.6) is 0 Å². The Morgan fingerprint density at radius 3 is 2.73 bits per heavy atom. The fraction of sp³-hybridized carbons (Fsp3) is 0.640. The number of allylic oxidation sites excluding steroid dienone is 2. The summed E-state index contributed by atoms with van der Waals surface area (Å²) in [6.07, 6.45) is 6.07. The van der Waals surface area contributed by atoms with Crippen LogP contribution in [0, 0.1) is 5.92 Å². The Balaban J connectivity index is 1.37. The van der Waals surface area contributed by atoms with E-state index in [1.807, 2.05) is 27.0 Å². The third kappa shape index (κ3) is 5.38. The van der Waals surface area contributed by atoms with Crippen molar-refractivity contribution in [1.82, 2.24) is 19.8 Å². The van der Waals surface area contributed by atoms with Crippen LogP contribution < -0.4 is 5.32 Å². The zero-order valence-electron chi connectivity index (χ0n) is 20.6. The zero-order valence-corrected chi connectivity index (χ0v) is 20.6. The number of aromatic nitrogens is 2. The smallest absolute Gasteiger partial charge is 0.410 e. The molecule has 1 aromatic heterocycles. The van der Waals surface area contributed by atoms with E-state index in [0.29, 0.717) is 37.9 Å². The molecule has 0 spiro atoms. The van der Waals surface area contributed by atoms with Gasteiger partial charge >= 0.3 is 6.09 Å². The number of piperidine rings is 1. The normalized spacial score (nSPS) is 28.2. The maximum absolute atomic E-state index is 12.4. The molecular formula is C25H37N5O3. The number of hydrogen-bond acceptors (Lipinski definition) is 7. The summed E-state index contributed by atoms with van der Waals surface area (Å²) >= 11 is 0. The number of ether oxygens (including phenoxy) is 1. The highest BCUT2D eigenvalue weighted by molar-refractivity contribution is 5.68. The molecule has 1 amide bonds. The summed E-state index contributed by atoms with van der Waals surface area (Å²) in [5.74, 6) is 1.03. The van der Waals surface area contributed by atoms with Gasteiger partial charge < -0.3 is 20.1 Å². The van der Waals surface area contributed by atoms with E-state index in [0.717, 1.165) is 11.3 Å². The van der Waals surface area contributed by atoms with Crippen molar-refractivity contribution >= 4 is 12.0 Å². The molecule has 1 saturated heterocycles. The maximum atomic E-state index is 12.4. The van der Waals surface area contributed by atoms with Crippen LogP contribution in [0.25, 0.3) is 0 Å². The first kappa shape index (κ1) is 23.7. The predicted molar refractivity (Wildman–Crippen MR) is 128 cm³/mol. The lowest BCUT2D eigenvalue weighted by molar-refractivity contribution is -0.0307. The summed E-state index contributed by atoms with van der Waals surface area (Å²) in [5, 5.41) is 14.3. The number of carbonyl (C=O) groups is 1. The number of amides is 1. The molecule has 0 radical (unpaired) electrons. The van der Waals surface area contributed by atoms with Crippen molar-refractivity contribution < 1.29 is 14.6 Å². The van der Waals surface area contributed by atoms with Gasteiger partial charge in [0.05, 0.1) is 24.4 Å². The van der Waals surface area contributed by atoms with Crippen LogP contribution in [0.2, 0.25) is 0 Å². The Morgan fingerprint density at radius 1 is 1.27 bits per heavy atom. The van der Waals surface area contributed by atoms with E-state index in [4.69, 9.17) is 9.72 Å². The predicted octanol–water partition coefficient (Wildman–Crippen LogP) is 3.49. The van der Waals surface area contributed by atoms with E-state index < -0.39 is 11.7 Å². The number of β-amino-alcohol motifs (C(OH)–C–C–N with tert-alkyl or cyclic N) is 1. The first-order valence-electron chi connectivity index (χ1n) is 11.9. The number of carbonyl (C=O) groups excluding carboxylic acids is 1. The second-order valence-electron chi connectivity index (χ2n) is 10.7. The molecule has 4 atom stereocenters. The SMILES string of the molecule is CC1=CC(Nc2ncc3c(n2)CN(C2CCN(C(=O)OC(C)(C)C)CC2O)C3)C(C)C(C)=C1. The van der Waals surface area contributed by atoms with Crippen molar-refractivity contribution in [2.45, 2.75) is 84.8 Å². The van der Waals surface area contributed by atoms with Gasteiger partial charge in [-0.1, -0.05) is 30.2 Å². The maximum Gasteiger partial charge on any atom is 0.410 e. The van der Waals surface area contributed by atoms with Crippen LogP contribution in [0.3, 0.4) is 0 Å².